The van der Waals surface area contributed by atoms with Gasteiger partial charge in [0.05, 0.1) is 25.5 Å². The van der Waals surface area contributed by atoms with E-state index >= 15 is 0 Å². The van der Waals surface area contributed by atoms with Gasteiger partial charge < -0.3 is 13.9 Å². The van der Waals surface area contributed by atoms with Gasteiger partial charge in [0.25, 0.3) is 10.2 Å². The van der Waals surface area contributed by atoms with Crippen molar-refractivity contribution in [2.45, 2.75) is 31.7 Å². The van der Waals surface area contributed by atoms with Crippen LogP contribution in [0, 0.1) is 0 Å². The molecule has 0 N–H and O–H groups in total. The molecule has 4 rings (SSSR count). The Balaban J connectivity index is 1.50. The van der Waals surface area contributed by atoms with Gasteiger partial charge in [0.1, 0.15) is 5.76 Å². The van der Waals surface area contributed by atoms with Gasteiger partial charge in [0.15, 0.2) is 5.89 Å². The molecule has 1 aromatic rings. The Labute approximate surface area is 141 Å². The number of ether oxygens (including phenoxy) is 2. The Bertz CT molecular complexity index is 677. The monoisotopic (exact) mass is 357 g/mol. The number of aromatic nitrogens is 1. The molecule has 0 atom stereocenters. The van der Waals surface area contributed by atoms with Crippen LogP contribution in [0.25, 0.3) is 0 Å². The first-order valence-electron chi connectivity index (χ1n) is 8.54. The van der Waals surface area contributed by atoms with Gasteiger partial charge in [-0.25, -0.2) is 4.98 Å². The summed E-state index contributed by atoms with van der Waals surface area (Å²) in [7, 11) is -3.46. The second-order valence-electron chi connectivity index (χ2n) is 6.41. The van der Waals surface area contributed by atoms with E-state index in [4.69, 9.17) is 13.9 Å². The van der Waals surface area contributed by atoms with Crippen LogP contribution >= 0.6 is 0 Å². The molecule has 134 valence electrons. The molecule has 0 amide bonds. The second-order valence-corrected chi connectivity index (χ2v) is 8.34. The zero-order valence-electron chi connectivity index (χ0n) is 13.6. The maximum atomic E-state index is 12.8. The highest BCUT2D eigenvalue weighted by atomic mass is 32.2. The fraction of sp³-hybridized carbons (Fsp3) is 0.800. The number of morpholine rings is 1. The largest absolute Gasteiger partial charge is 0.445 e. The predicted molar refractivity (Wildman–Crippen MR) is 84.7 cm³/mol. The zero-order chi connectivity index (χ0) is 16.6. The number of oxazole rings is 1. The van der Waals surface area contributed by atoms with Crippen molar-refractivity contribution < 1.29 is 22.3 Å². The van der Waals surface area contributed by atoms with Crippen molar-refractivity contribution in [1.29, 1.82) is 0 Å². The third kappa shape index (κ3) is 3.11. The van der Waals surface area contributed by atoms with Gasteiger partial charge in [-0.1, -0.05) is 0 Å². The minimum absolute atomic E-state index is 0.286. The summed E-state index contributed by atoms with van der Waals surface area (Å²) < 4.78 is 45.1. The summed E-state index contributed by atoms with van der Waals surface area (Å²) in [6.45, 7) is 3.93. The van der Waals surface area contributed by atoms with Crippen molar-refractivity contribution in [3.8, 4) is 0 Å². The average molecular weight is 357 g/mol. The highest BCUT2D eigenvalue weighted by Crippen LogP contribution is 2.31. The van der Waals surface area contributed by atoms with Crippen LogP contribution in [-0.4, -0.2) is 68.1 Å². The van der Waals surface area contributed by atoms with Crippen LogP contribution in [0.15, 0.2) is 4.42 Å². The molecule has 8 nitrogen and oxygen atoms in total. The second kappa shape index (κ2) is 6.72. The van der Waals surface area contributed by atoms with Crippen LogP contribution in [0.2, 0.25) is 0 Å². The molecule has 2 fully saturated rings. The number of hydrogen-bond acceptors (Lipinski definition) is 6. The molecular formula is C15H23N3O5S. The van der Waals surface area contributed by atoms with Gasteiger partial charge in [-0.2, -0.15) is 17.0 Å². The fourth-order valence-corrected chi connectivity index (χ4v) is 5.00. The van der Waals surface area contributed by atoms with Crippen LogP contribution in [-0.2, 0) is 32.6 Å². The van der Waals surface area contributed by atoms with Crippen LogP contribution in [0.4, 0.5) is 0 Å². The Hall–Kier alpha value is -1.00. The molecule has 3 aliphatic rings. The molecule has 0 aromatic carbocycles. The standard InChI is InChI=1S/C15H23N3O5S/c19-24(20,17-5-9-22-10-6-17)18-4-1-14-13(11-18)16-15(23-14)12-2-7-21-8-3-12/h12H,1-11H2. The summed E-state index contributed by atoms with van der Waals surface area (Å²) >= 11 is 0. The molecule has 3 aliphatic heterocycles. The summed E-state index contributed by atoms with van der Waals surface area (Å²) in [6.07, 6.45) is 2.40. The lowest BCUT2D eigenvalue weighted by molar-refractivity contribution is 0.0698. The minimum Gasteiger partial charge on any atom is -0.445 e. The number of nitrogens with zero attached hydrogens (tertiary/aromatic N) is 3. The van der Waals surface area contributed by atoms with E-state index in [1.165, 1.54) is 8.61 Å². The molecule has 0 bridgehead atoms. The molecular weight excluding hydrogens is 334 g/mol. The van der Waals surface area contributed by atoms with Gasteiger partial charge in [-0.3, -0.25) is 0 Å². The average Bonchev–Trinajstić information content (AvgIpc) is 3.06. The lowest BCUT2D eigenvalue weighted by atomic mass is 10.0. The van der Waals surface area contributed by atoms with Crippen molar-refractivity contribution in [3.63, 3.8) is 0 Å². The van der Waals surface area contributed by atoms with Crippen molar-refractivity contribution in [3.05, 3.63) is 17.3 Å². The van der Waals surface area contributed by atoms with E-state index in [0.29, 0.717) is 45.8 Å². The fourth-order valence-electron chi connectivity index (χ4n) is 3.45. The molecule has 0 aliphatic carbocycles. The first kappa shape index (κ1) is 16.5. The van der Waals surface area contributed by atoms with Crippen LogP contribution in [0.3, 0.4) is 0 Å². The van der Waals surface area contributed by atoms with Crippen LogP contribution in [0.1, 0.15) is 36.1 Å². The van der Waals surface area contributed by atoms with E-state index < -0.39 is 10.2 Å². The Kier molecular flexibility index (Phi) is 4.61. The molecule has 0 radical (unpaired) electrons. The van der Waals surface area contributed by atoms with E-state index in [2.05, 4.69) is 4.98 Å². The van der Waals surface area contributed by atoms with Gasteiger partial charge in [0.2, 0.25) is 0 Å². The first-order valence-corrected chi connectivity index (χ1v) is 9.93. The third-order valence-corrected chi connectivity index (χ3v) is 6.88. The Morgan fingerprint density at radius 1 is 0.958 bits per heavy atom. The Morgan fingerprint density at radius 2 is 1.67 bits per heavy atom. The van der Waals surface area contributed by atoms with Crippen LogP contribution < -0.4 is 0 Å². The third-order valence-electron chi connectivity index (χ3n) is 4.90. The zero-order valence-corrected chi connectivity index (χ0v) is 14.5. The summed E-state index contributed by atoms with van der Waals surface area (Å²) in [6, 6.07) is 0. The normalized spacial score (nSPS) is 24.8. The number of fused-ring (bicyclic) bond motifs is 1. The molecule has 1 aromatic heterocycles. The van der Waals surface area contributed by atoms with Crippen LogP contribution in [0.5, 0.6) is 0 Å². The maximum Gasteiger partial charge on any atom is 0.282 e. The summed E-state index contributed by atoms with van der Waals surface area (Å²) in [4.78, 5) is 4.61. The first-order chi connectivity index (χ1) is 11.6. The van der Waals surface area contributed by atoms with E-state index in [-0.39, 0.29) is 5.92 Å². The molecule has 2 saturated heterocycles. The molecule has 24 heavy (non-hydrogen) atoms. The number of hydrogen-bond donors (Lipinski definition) is 0. The van der Waals surface area contributed by atoms with Gasteiger partial charge in [-0.05, 0) is 12.8 Å². The quantitative estimate of drug-likeness (QED) is 0.783. The predicted octanol–water partition coefficient (Wildman–Crippen LogP) is 0.504. The smallest absolute Gasteiger partial charge is 0.282 e. The topological polar surface area (TPSA) is 85.1 Å². The molecule has 0 saturated carbocycles. The van der Waals surface area contributed by atoms with Crippen molar-refractivity contribution in [2.75, 3.05) is 46.1 Å². The maximum absolute atomic E-state index is 12.8. The summed E-state index contributed by atoms with van der Waals surface area (Å²) in [5.41, 5.74) is 0.763. The highest BCUT2D eigenvalue weighted by molar-refractivity contribution is 7.86. The van der Waals surface area contributed by atoms with Crippen molar-refractivity contribution in [2.24, 2.45) is 0 Å². The minimum atomic E-state index is -3.46. The molecule has 9 heteroatoms. The van der Waals surface area contributed by atoms with Gasteiger partial charge in [-0.15, -0.1) is 0 Å². The van der Waals surface area contributed by atoms with E-state index in [1.54, 1.807) is 0 Å². The van der Waals surface area contributed by atoms with E-state index in [1.807, 2.05) is 0 Å². The SMILES string of the molecule is O=S(=O)(N1CCOCC1)N1CCc2oc(C3CCOCC3)nc2C1. The van der Waals surface area contributed by atoms with E-state index in [9.17, 15) is 8.42 Å². The van der Waals surface area contributed by atoms with Gasteiger partial charge >= 0.3 is 0 Å². The van der Waals surface area contributed by atoms with Crippen molar-refractivity contribution >= 4 is 10.2 Å². The van der Waals surface area contributed by atoms with Crippen molar-refractivity contribution in [1.82, 2.24) is 13.6 Å². The lowest BCUT2D eigenvalue weighted by Crippen LogP contribution is -2.49. The Morgan fingerprint density at radius 3 is 2.42 bits per heavy atom. The summed E-state index contributed by atoms with van der Waals surface area (Å²) in [5, 5.41) is 0. The molecule has 0 spiro atoms. The lowest BCUT2D eigenvalue weighted by Gasteiger charge is -2.33. The molecule has 4 heterocycles. The molecule has 0 unspecified atom stereocenters. The van der Waals surface area contributed by atoms with Gasteiger partial charge in [0, 0.05) is 45.2 Å². The van der Waals surface area contributed by atoms with E-state index in [0.717, 1.165) is 43.4 Å². The number of rotatable bonds is 3. The highest BCUT2D eigenvalue weighted by Gasteiger charge is 2.35. The summed E-state index contributed by atoms with van der Waals surface area (Å²) in [5.74, 6) is 1.87.